The number of nitro benzene ring substituents is 1. The molecule has 0 spiro atoms. The van der Waals surface area contributed by atoms with Crippen molar-refractivity contribution in [1.82, 2.24) is 0 Å². The van der Waals surface area contributed by atoms with Crippen LogP contribution in [0.3, 0.4) is 0 Å². The lowest BCUT2D eigenvalue weighted by Gasteiger charge is -2.06. The van der Waals surface area contributed by atoms with Crippen LogP contribution in [0.15, 0.2) is 42.5 Å². The Hall–Kier alpha value is -1.78. The van der Waals surface area contributed by atoms with Gasteiger partial charge in [-0.2, -0.15) is 0 Å². The summed E-state index contributed by atoms with van der Waals surface area (Å²) >= 11 is 11.5. The molecule has 0 heterocycles. The number of hydrogen-bond donors (Lipinski definition) is 0. The molecule has 4 nitrogen and oxygen atoms in total. The number of hydrogen-bond acceptors (Lipinski definition) is 3. The molecule has 0 atom stereocenters. The van der Waals surface area contributed by atoms with Crippen LogP contribution in [0.4, 0.5) is 5.69 Å². The van der Waals surface area contributed by atoms with Gasteiger partial charge in [0.1, 0.15) is 17.4 Å². The molecule has 0 radical (unpaired) electrons. The van der Waals surface area contributed by atoms with E-state index in [2.05, 4.69) is 0 Å². The van der Waals surface area contributed by atoms with Crippen molar-refractivity contribution in [3.8, 4) is 5.75 Å². The minimum absolute atomic E-state index is 0.111. The number of benzene rings is 2. The molecule has 0 aliphatic carbocycles. The Kier molecular flexibility index (Phi) is 4.24. The Morgan fingerprint density at radius 3 is 2.42 bits per heavy atom. The molecular weight excluding hydrogens is 289 g/mol. The van der Waals surface area contributed by atoms with Crippen LogP contribution >= 0.6 is 23.2 Å². The van der Waals surface area contributed by atoms with E-state index < -0.39 is 4.92 Å². The lowest BCUT2D eigenvalue weighted by atomic mass is 10.2. The molecule has 0 amide bonds. The number of nitro groups is 1. The van der Waals surface area contributed by atoms with Crippen molar-refractivity contribution < 1.29 is 9.66 Å². The van der Waals surface area contributed by atoms with E-state index in [0.717, 1.165) is 0 Å². The summed E-state index contributed by atoms with van der Waals surface area (Å²) in [7, 11) is 0. The summed E-state index contributed by atoms with van der Waals surface area (Å²) in [6.07, 6.45) is 0. The van der Waals surface area contributed by atoms with Crippen LogP contribution in [0.2, 0.25) is 10.0 Å². The molecule has 2 rings (SSSR count). The standard InChI is InChI=1S/C13H9Cl2NO3/c14-10-2-4-11(5-3-10)19-8-9-1-6-12(15)13(7-9)16(17)18/h1-7H,8H2. The van der Waals surface area contributed by atoms with E-state index in [1.165, 1.54) is 12.1 Å². The number of ether oxygens (including phenoxy) is 1. The fourth-order valence-electron chi connectivity index (χ4n) is 1.49. The van der Waals surface area contributed by atoms with Crippen LogP contribution in [-0.2, 0) is 6.61 Å². The van der Waals surface area contributed by atoms with Crippen LogP contribution < -0.4 is 4.74 Å². The Balaban J connectivity index is 2.09. The molecule has 6 heteroatoms. The second kappa shape index (κ2) is 5.91. The second-order valence-corrected chi connectivity index (χ2v) is 4.63. The highest BCUT2D eigenvalue weighted by molar-refractivity contribution is 6.32. The molecule has 0 saturated carbocycles. The van der Waals surface area contributed by atoms with E-state index in [1.807, 2.05) is 0 Å². The summed E-state index contributed by atoms with van der Waals surface area (Å²) in [4.78, 5) is 10.2. The Bertz CT molecular complexity index is 599. The monoisotopic (exact) mass is 297 g/mol. The summed E-state index contributed by atoms with van der Waals surface area (Å²) in [5.41, 5.74) is 0.546. The first-order valence-corrected chi connectivity index (χ1v) is 6.13. The topological polar surface area (TPSA) is 52.4 Å². The highest BCUT2D eigenvalue weighted by atomic mass is 35.5. The smallest absolute Gasteiger partial charge is 0.288 e. The minimum Gasteiger partial charge on any atom is -0.489 e. The van der Waals surface area contributed by atoms with E-state index in [4.69, 9.17) is 27.9 Å². The zero-order chi connectivity index (χ0) is 13.8. The van der Waals surface area contributed by atoms with Gasteiger partial charge in [-0.15, -0.1) is 0 Å². The van der Waals surface area contributed by atoms with Crippen molar-refractivity contribution in [2.24, 2.45) is 0 Å². The van der Waals surface area contributed by atoms with Gasteiger partial charge < -0.3 is 4.74 Å². The van der Waals surface area contributed by atoms with Gasteiger partial charge in [-0.1, -0.05) is 29.3 Å². The molecule has 0 bridgehead atoms. The van der Waals surface area contributed by atoms with Crippen molar-refractivity contribution in [2.45, 2.75) is 6.61 Å². The summed E-state index contributed by atoms with van der Waals surface area (Å²) in [5, 5.41) is 11.5. The molecule has 0 unspecified atom stereocenters. The van der Waals surface area contributed by atoms with E-state index in [-0.39, 0.29) is 17.3 Å². The normalized spacial score (nSPS) is 10.2. The molecule has 19 heavy (non-hydrogen) atoms. The average molecular weight is 298 g/mol. The SMILES string of the molecule is O=[N+]([O-])c1cc(COc2ccc(Cl)cc2)ccc1Cl. The lowest BCUT2D eigenvalue weighted by Crippen LogP contribution is -1.97. The second-order valence-electron chi connectivity index (χ2n) is 3.79. The van der Waals surface area contributed by atoms with Gasteiger partial charge in [0.2, 0.25) is 0 Å². The quantitative estimate of drug-likeness (QED) is 0.617. The third-order valence-corrected chi connectivity index (χ3v) is 3.00. The van der Waals surface area contributed by atoms with Gasteiger partial charge in [-0.25, -0.2) is 0 Å². The van der Waals surface area contributed by atoms with Crippen LogP contribution in [0.1, 0.15) is 5.56 Å². The Morgan fingerprint density at radius 1 is 1.11 bits per heavy atom. The van der Waals surface area contributed by atoms with Crippen LogP contribution in [0.25, 0.3) is 0 Å². The molecule has 0 N–H and O–H groups in total. The maximum Gasteiger partial charge on any atom is 0.288 e. The molecule has 0 fully saturated rings. The summed E-state index contributed by atoms with van der Waals surface area (Å²) in [6, 6.07) is 11.4. The number of halogens is 2. The van der Waals surface area contributed by atoms with Crippen molar-refractivity contribution in [3.05, 3.63) is 68.2 Å². The number of rotatable bonds is 4. The van der Waals surface area contributed by atoms with Crippen molar-refractivity contribution >= 4 is 28.9 Å². The Morgan fingerprint density at radius 2 is 1.79 bits per heavy atom. The van der Waals surface area contributed by atoms with Gasteiger partial charge >= 0.3 is 0 Å². The van der Waals surface area contributed by atoms with E-state index in [1.54, 1.807) is 30.3 Å². The summed E-state index contributed by atoms with van der Waals surface area (Å²) < 4.78 is 5.50. The fourth-order valence-corrected chi connectivity index (χ4v) is 1.80. The zero-order valence-corrected chi connectivity index (χ0v) is 11.2. The molecular formula is C13H9Cl2NO3. The van der Waals surface area contributed by atoms with Crippen molar-refractivity contribution in [2.75, 3.05) is 0 Å². The minimum atomic E-state index is -0.520. The number of nitrogens with zero attached hydrogens (tertiary/aromatic N) is 1. The highest BCUT2D eigenvalue weighted by Gasteiger charge is 2.12. The van der Waals surface area contributed by atoms with Gasteiger partial charge in [0.15, 0.2) is 0 Å². The molecule has 0 aromatic heterocycles. The lowest BCUT2D eigenvalue weighted by molar-refractivity contribution is -0.384. The fraction of sp³-hybridized carbons (Fsp3) is 0.0769. The molecule has 0 aliphatic heterocycles. The van der Waals surface area contributed by atoms with Crippen molar-refractivity contribution in [1.29, 1.82) is 0 Å². The zero-order valence-electron chi connectivity index (χ0n) is 9.68. The first-order valence-electron chi connectivity index (χ1n) is 5.37. The van der Waals surface area contributed by atoms with Gasteiger partial charge in [-0.05, 0) is 35.9 Å². The molecule has 2 aromatic rings. The van der Waals surface area contributed by atoms with Crippen LogP contribution in [-0.4, -0.2) is 4.92 Å². The average Bonchev–Trinajstić information content (AvgIpc) is 2.39. The molecule has 2 aromatic carbocycles. The third kappa shape index (κ3) is 3.59. The van der Waals surface area contributed by atoms with E-state index >= 15 is 0 Å². The maximum absolute atomic E-state index is 10.8. The molecule has 98 valence electrons. The van der Waals surface area contributed by atoms with Crippen molar-refractivity contribution in [3.63, 3.8) is 0 Å². The Labute approximate surface area is 119 Å². The summed E-state index contributed by atoms with van der Waals surface area (Å²) in [5.74, 6) is 0.641. The predicted octanol–water partition coefficient (Wildman–Crippen LogP) is 4.48. The van der Waals surface area contributed by atoms with Gasteiger partial charge in [-0.3, -0.25) is 10.1 Å². The third-order valence-electron chi connectivity index (χ3n) is 2.43. The highest BCUT2D eigenvalue weighted by Crippen LogP contribution is 2.25. The molecule has 0 aliphatic rings. The first-order chi connectivity index (χ1) is 9.06. The van der Waals surface area contributed by atoms with Crippen LogP contribution in [0.5, 0.6) is 5.75 Å². The van der Waals surface area contributed by atoms with Gasteiger partial charge in [0.25, 0.3) is 5.69 Å². The molecule has 0 saturated heterocycles. The van der Waals surface area contributed by atoms with E-state index in [9.17, 15) is 10.1 Å². The maximum atomic E-state index is 10.8. The predicted molar refractivity (Wildman–Crippen MR) is 73.9 cm³/mol. The van der Waals surface area contributed by atoms with Gasteiger partial charge in [0.05, 0.1) is 4.92 Å². The largest absolute Gasteiger partial charge is 0.489 e. The van der Waals surface area contributed by atoms with Crippen LogP contribution in [0, 0.1) is 10.1 Å². The first kappa shape index (κ1) is 13.6. The summed E-state index contributed by atoms with van der Waals surface area (Å²) in [6.45, 7) is 0.222. The van der Waals surface area contributed by atoms with Gasteiger partial charge in [0, 0.05) is 11.1 Å². The van der Waals surface area contributed by atoms with E-state index in [0.29, 0.717) is 16.3 Å².